The molecule has 1 aliphatic carbocycles. The van der Waals surface area contributed by atoms with Crippen molar-refractivity contribution in [3.05, 3.63) is 59.5 Å². The highest BCUT2D eigenvalue weighted by atomic mass is 16.5. The molecular formula is C31H35N5O5. The van der Waals surface area contributed by atoms with Gasteiger partial charge in [0, 0.05) is 48.0 Å². The number of hydrogen-bond donors (Lipinski definition) is 2. The van der Waals surface area contributed by atoms with E-state index < -0.39 is 5.97 Å². The Morgan fingerprint density at radius 2 is 1.83 bits per heavy atom. The highest BCUT2D eigenvalue weighted by Crippen LogP contribution is 2.40. The summed E-state index contributed by atoms with van der Waals surface area (Å²) in [6.45, 7) is 4.09. The Morgan fingerprint density at radius 1 is 1.10 bits per heavy atom. The van der Waals surface area contributed by atoms with Crippen molar-refractivity contribution in [1.29, 1.82) is 0 Å². The number of benzene rings is 1. The number of hydrogen-bond acceptors (Lipinski definition) is 8. The van der Waals surface area contributed by atoms with E-state index in [1.54, 1.807) is 30.9 Å². The van der Waals surface area contributed by atoms with Crippen LogP contribution >= 0.6 is 0 Å². The van der Waals surface area contributed by atoms with Gasteiger partial charge in [-0.1, -0.05) is 6.07 Å². The normalized spacial score (nSPS) is 17.0. The number of carboxylic acids is 1. The molecule has 3 aromatic heterocycles. The molecule has 0 saturated heterocycles. The maximum Gasteiger partial charge on any atom is 0.306 e. The molecule has 0 bridgehead atoms. The minimum Gasteiger partial charge on any atom is -0.496 e. The quantitative estimate of drug-likeness (QED) is 0.274. The van der Waals surface area contributed by atoms with E-state index in [9.17, 15) is 19.8 Å². The van der Waals surface area contributed by atoms with Gasteiger partial charge in [0.1, 0.15) is 11.6 Å². The molecule has 2 N–H and O–H groups in total. The standard InChI is InChI=1S/C31H35N5O5/c1-5-35(3)30-27(18(2)38)28(19-6-8-20(9-7-19)31(39)40)34-29-24(16-33-36(29)30)22-10-12-25(32-15-22)21-11-13-26(41-4)23(14-21)17-37/h10-16,19-20,37H,5-9,17H2,1-4H3,(H,39,40). The Hall–Kier alpha value is -4.31. The number of carbonyl (C=O) groups is 2. The molecule has 214 valence electrons. The van der Waals surface area contributed by atoms with Crippen LogP contribution in [0.1, 0.15) is 67.1 Å². The van der Waals surface area contributed by atoms with Crippen LogP contribution in [0.2, 0.25) is 0 Å². The largest absolute Gasteiger partial charge is 0.496 e. The summed E-state index contributed by atoms with van der Waals surface area (Å²) in [4.78, 5) is 36.4. The first-order valence-electron chi connectivity index (χ1n) is 13.9. The molecule has 0 radical (unpaired) electrons. The Bertz CT molecular complexity index is 1590. The summed E-state index contributed by atoms with van der Waals surface area (Å²) in [5.74, 6) is 0.0813. The van der Waals surface area contributed by atoms with Crippen molar-refractivity contribution < 1.29 is 24.5 Å². The van der Waals surface area contributed by atoms with E-state index in [4.69, 9.17) is 14.7 Å². The summed E-state index contributed by atoms with van der Waals surface area (Å²) in [5.41, 5.74) is 5.79. The maximum atomic E-state index is 13.1. The van der Waals surface area contributed by atoms with Crippen molar-refractivity contribution >= 4 is 23.2 Å². The van der Waals surface area contributed by atoms with Gasteiger partial charge in [-0.25, -0.2) is 4.98 Å². The molecule has 10 nitrogen and oxygen atoms in total. The highest BCUT2D eigenvalue weighted by molar-refractivity contribution is 6.01. The average molecular weight is 558 g/mol. The third-order valence-electron chi connectivity index (χ3n) is 8.12. The number of ether oxygens (including phenoxy) is 1. The fourth-order valence-electron chi connectivity index (χ4n) is 5.73. The number of aromatic nitrogens is 4. The monoisotopic (exact) mass is 557 g/mol. The van der Waals surface area contributed by atoms with Gasteiger partial charge in [0.2, 0.25) is 0 Å². The number of carboxylic acid groups (broad SMARTS) is 1. The third-order valence-corrected chi connectivity index (χ3v) is 8.12. The number of nitrogens with zero attached hydrogens (tertiary/aromatic N) is 5. The van der Waals surface area contributed by atoms with Gasteiger partial charge in [0.25, 0.3) is 0 Å². The number of anilines is 1. The third kappa shape index (κ3) is 5.27. The molecule has 0 amide bonds. The van der Waals surface area contributed by atoms with Gasteiger partial charge < -0.3 is 19.8 Å². The van der Waals surface area contributed by atoms with Crippen molar-refractivity contribution in [2.75, 3.05) is 25.6 Å². The zero-order chi connectivity index (χ0) is 29.3. The highest BCUT2D eigenvalue weighted by Gasteiger charge is 2.32. The van der Waals surface area contributed by atoms with E-state index in [0.29, 0.717) is 66.3 Å². The van der Waals surface area contributed by atoms with E-state index in [1.807, 2.05) is 49.2 Å². The minimum absolute atomic E-state index is 0.0162. The van der Waals surface area contributed by atoms with Gasteiger partial charge in [-0.05, 0) is 63.8 Å². The Balaban J connectivity index is 1.60. The van der Waals surface area contributed by atoms with Crippen LogP contribution in [0.15, 0.2) is 42.7 Å². The number of Topliss-reactive ketones (excluding diaryl/α,β-unsaturated/α-hetero) is 1. The number of aliphatic hydroxyl groups is 1. The van der Waals surface area contributed by atoms with Crippen molar-refractivity contribution in [1.82, 2.24) is 19.6 Å². The molecule has 3 heterocycles. The Labute approximate surface area is 238 Å². The minimum atomic E-state index is -0.763. The van der Waals surface area contributed by atoms with Crippen LogP contribution in [0.5, 0.6) is 5.75 Å². The molecule has 1 fully saturated rings. The van der Waals surface area contributed by atoms with Crippen molar-refractivity contribution in [3.8, 4) is 28.1 Å². The second-order valence-corrected chi connectivity index (χ2v) is 10.6. The fraction of sp³-hybridized carbons (Fsp3) is 0.387. The predicted octanol–water partition coefficient (Wildman–Crippen LogP) is 4.98. The van der Waals surface area contributed by atoms with Crippen LogP contribution in [0, 0.1) is 5.92 Å². The van der Waals surface area contributed by atoms with E-state index in [-0.39, 0.29) is 24.2 Å². The first-order valence-corrected chi connectivity index (χ1v) is 13.9. The number of ketones is 1. The summed E-state index contributed by atoms with van der Waals surface area (Å²) < 4.78 is 7.04. The molecule has 0 atom stereocenters. The topological polar surface area (TPSA) is 130 Å². The zero-order valence-corrected chi connectivity index (χ0v) is 23.8. The smallest absolute Gasteiger partial charge is 0.306 e. The van der Waals surface area contributed by atoms with E-state index >= 15 is 0 Å². The summed E-state index contributed by atoms with van der Waals surface area (Å²) in [7, 11) is 3.50. The Morgan fingerprint density at radius 3 is 2.41 bits per heavy atom. The zero-order valence-electron chi connectivity index (χ0n) is 23.8. The first-order chi connectivity index (χ1) is 19.8. The number of rotatable bonds is 9. The number of aliphatic carboxylic acids is 1. The second-order valence-electron chi connectivity index (χ2n) is 10.6. The molecule has 0 spiro atoms. The number of aliphatic hydroxyl groups excluding tert-OH is 1. The number of carbonyl (C=O) groups excluding carboxylic acids is 1. The maximum absolute atomic E-state index is 13.1. The second kappa shape index (κ2) is 11.7. The lowest BCUT2D eigenvalue weighted by Gasteiger charge is -2.29. The number of pyridine rings is 1. The molecule has 1 aliphatic rings. The Kier molecular flexibility index (Phi) is 8.03. The van der Waals surface area contributed by atoms with Crippen LogP contribution in [0.25, 0.3) is 28.0 Å². The number of fused-ring (bicyclic) bond motifs is 1. The van der Waals surface area contributed by atoms with Gasteiger partial charge in [-0.2, -0.15) is 9.61 Å². The molecule has 0 unspecified atom stereocenters. The fourth-order valence-corrected chi connectivity index (χ4v) is 5.73. The molecule has 1 saturated carbocycles. The van der Waals surface area contributed by atoms with Crippen molar-refractivity contribution in [2.24, 2.45) is 5.92 Å². The molecule has 0 aliphatic heterocycles. The summed E-state index contributed by atoms with van der Waals surface area (Å²) >= 11 is 0. The summed E-state index contributed by atoms with van der Waals surface area (Å²) in [5, 5.41) is 23.9. The first kappa shape index (κ1) is 28.2. The van der Waals surface area contributed by atoms with Crippen molar-refractivity contribution in [3.63, 3.8) is 0 Å². The molecule has 10 heteroatoms. The van der Waals surface area contributed by atoms with Crippen LogP contribution in [-0.2, 0) is 11.4 Å². The summed E-state index contributed by atoms with van der Waals surface area (Å²) in [6.07, 6.45) is 5.96. The molecule has 1 aromatic carbocycles. The average Bonchev–Trinajstić information content (AvgIpc) is 3.43. The predicted molar refractivity (Wildman–Crippen MR) is 155 cm³/mol. The van der Waals surface area contributed by atoms with Crippen molar-refractivity contribution in [2.45, 2.75) is 52.1 Å². The van der Waals surface area contributed by atoms with Gasteiger partial charge in [-0.15, -0.1) is 0 Å². The summed E-state index contributed by atoms with van der Waals surface area (Å²) in [6, 6.07) is 9.45. The lowest BCUT2D eigenvalue weighted by molar-refractivity contribution is -0.142. The van der Waals surface area contributed by atoms with Gasteiger partial charge in [0.15, 0.2) is 11.4 Å². The lowest BCUT2D eigenvalue weighted by Crippen LogP contribution is -2.27. The van der Waals surface area contributed by atoms with Gasteiger partial charge in [-0.3, -0.25) is 14.6 Å². The van der Waals surface area contributed by atoms with Gasteiger partial charge >= 0.3 is 5.97 Å². The molecule has 4 aromatic rings. The number of methoxy groups -OCH3 is 1. The van der Waals surface area contributed by atoms with E-state index in [1.165, 1.54) is 0 Å². The van der Waals surface area contributed by atoms with E-state index in [0.717, 1.165) is 22.4 Å². The van der Waals surface area contributed by atoms with Crippen LogP contribution in [0.3, 0.4) is 0 Å². The van der Waals surface area contributed by atoms with Crippen LogP contribution < -0.4 is 9.64 Å². The van der Waals surface area contributed by atoms with Crippen LogP contribution in [0.4, 0.5) is 5.82 Å². The molecular weight excluding hydrogens is 522 g/mol. The van der Waals surface area contributed by atoms with E-state index in [2.05, 4.69) is 5.10 Å². The van der Waals surface area contributed by atoms with Gasteiger partial charge in [0.05, 0.1) is 42.8 Å². The SMILES string of the molecule is CCN(C)c1c(C(C)=O)c(C2CCC(C(=O)O)CC2)nc2c(-c3ccc(-c4ccc(OC)c(CO)c4)nc3)cnn12. The molecule has 5 rings (SSSR count). The van der Waals surface area contributed by atoms with Crippen LogP contribution in [-0.4, -0.2) is 62.2 Å². The molecule has 41 heavy (non-hydrogen) atoms. The lowest BCUT2D eigenvalue weighted by atomic mass is 9.79.